The predicted molar refractivity (Wildman–Crippen MR) is 82.0 cm³/mol. The van der Waals surface area contributed by atoms with Gasteiger partial charge in [-0.2, -0.15) is 4.98 Å². The fraction of sp³-hybridized carbons (Fsp3) is 0.286. The van der Waals surface area contributed by atoms with Gasteiger partial charge in [0, 0.05) is 17.4 Å². The van der Waals surface area contributed by atoms with E-state index in [1.54, 1.807) is 17.8 Å². The summed E-state index contributed by atoms with van der Waals surface area (Å²) in [5.41, 5.74) is 0. The number of thioether (sulfide) groups is 1. The van der Waals surface area contributed by atoms with E-state index in [0.29, 0.717) is 5.88 Å². The minimum Gasteiger partial charge on any atom is -0.438 e. The van der Waals surface area contributed by atoms with E-state index in [1.807, 2.05) is 30.5 Å². The highest BCUT2D eigenvalue weighted by molar-refractivity contribution is 9.10. The summed E-state index contributed by atoms with van der Waals surface area (Å²) in [6.45, 7) is 2.10. The van der Waals surface area contributed by atoms with E-state index < -0.39 is 0 Å². The second kappa shape index (κ2) is 6.91. The van der Waals surface area contributed by atoms with Crippen LogP contribution in [0.2, 0.25) is 0 Å². The van der Waals surface area contributed by atoms with Gasteiger partial charge in [0.15, 0.2) is 0 Å². The molecule has 0 amide bonds. The van der Waals surface area contributed by atoms with Crippen molar-refractivity contribution in [3.8, 4) is 11.6 Å². The second-order valence-electron chi connectivity index (χ2n) is 3.95. The van der Waals surface area contributed by atoms with Crippen molar-refractivity contribution in [1.29, 1.82) is 0 Å². The summed E-state index contributed by atoms with van der Waals surface area (Å²) < 4.78 is 6.62. The number of rotatable bonds is 5. The molecule has 0 saturated carbocycles. The van der Waals surface area contributed by atoms with Crippen LogP contribution >= 0.6 is 27.7 Å². The van der Waals surface area contributed by atoms with Crippen LogP contribution in [0, 0.1) is 0 Å². The molecular formula is C14H15BrN2OS. The van der Waals surface area contributed by atoms with Crippen molar-refractivity contribution in [2.24, 2.45) is 0 Å². The SMILES string of the molecule is CCCc1nc(Br)cc(Oc2ccccc2SC)n1. The minimum absolute atomic E-state index is 0.576. The maximum absolute atomic E-state index is 5.87. The van der Waals surface area contributed by atoms with Gasteiger partial charge in [-0.25, -0.2) is 4.98 Å². The van der Waals surface area contributed by atoms with Crippen LogP contribution in [-0.4, -0.2) is 16.2 Å². The van der Waals surface area contributed by atoms with E-state index in [1.165, 1.54) is 0 Å². The number of aryl methyl sites for hydroxylation is 1. The Morgan fingerprint density at radius 1 is 1.26 bits per heavy atom. The van der Waals surface area contributed by atoms with Gasteiger partial charge >= 0.3 is 0 Å². The first-order valence-corrected chi connectivity index (χ1v) is 8.09. The summed E-state index contributed by atoms with van der Waals surface area (Å²) in [6.07, 6.45) is 3.89. The van der Waals surface area contributed by atoms with Crippen LogP contribution in [0.1, 0.15) is 19.2 Å². The molecule has 0 bridgehead atoms. The van der Waals surface area contributed by atoms with Gasteiger partial charge in [0.1, 0.15) is 16.2 Å². The van der Waals surface area contributed by atoms with Gasteiger partial charge in [-0.15, -0.1) is 11.8 Å². The fourth-order valence-corrected chi connectivity index (χ4v) is 2.57. The molecule has 0 aliphatic heterocycles. The Kier molecular flexibility index (Phi) is 5.22. The molecule has 0 atom stereocenters. The Labute approximate surface area is 125 Å². The predicted octanol–water partition coefficient (Wildman–Crippen LogP) is 4.71. The summed E-state index contributed by atoms with van der Waals surface area (Å²) in [5.74, 6) is 2.20. The molecule has 5 heteroatoms. The van der Waals surface area contributed by atoms with E-state index in [2.05, 4.69) is 32.8 Å². The quantitative estimate of drug-likeness (QED) is 0.584. The minimum atomic E-state index is 0.576. The maximum Gasteiger partial charge on any atom is 0.223 e. The number of hydrogen-bond acceptors (Lipinski definition) is 4. The van der Waals surface area contributed by atoms with E-state index in [4.69, 9.17) is 4.74 Å². The molecule has 2 rings (SSSR count). The van der Waals surface area contributed by atoms with Gasteiger partial charge in [0.2, 0.25) is 5.88 Å². The zero-order chi connectivity index (χ0) is 13.7. The van der Waals surface area contributed by atoms with Crippen molar-refractivity contribution in [3.63, 3.8) is 0 Å². The molecule has 19 heavy (non-hydrogen) atoms. The van der Waals surface area contributed by atoms with Gasteiger partial charge < -0.3 is 4.74 Å². The van der Waals surface area contributed by atoms with Crippen molar-refractivity contribution in [2.45, 2.75) is 24.7 Å². The Balaban J connectivity index is 2.27. The summed E-state index contributed by atoms with van der Waals surface area (Å²) >= 11 is 5.05. The molecule has 1 aromatic heterocycles. The van der Waals surface area contributed by atoms with E-state index >= 15 is 0 Å². The highest BCUT2D eigenvalue weighted by atomic mass is 79.9. The first-order valence-electron chi connectivity index (χ1n) is 6.07. The highest BCUT2D eigenvalue weighted by Gasteiger charge is 2.07. The molecule has 1 heterocycles. The number of halogens is 1. The van der Waals surface area contributed by atoms with E-state index in [9.17, 15) is 0 Å². The topological polar surface area (TPSA) is 35.0 Å². The molecule has 0 saturated heterocycles. The lowest BCUT2D eigenvalue weighted by atomic mass is 10.3. The zero-order valence-electron chi connectivity index (χ0n) is 10.9. The largest absolute Gasteiger partial charge is 0.438 e. The van der Waals surface area contributed by atoms with Crippen molar-refractivity contribution in [2.75, 3.05) is 6.26 Å². The number of aromatic nitrogens is 2. The number of benzene rings is 1. The summed E-state index contributed by atoms with van der Waals surface area (Å²) in [6, 6.07) is 9.72. The van der Waals surface area contributed by atoms with Crippen molar-refractivity contribution in [1.82, 2.24) is 9.97 Å². The van der Waals surface area contributed by atoms with Crippen LogP contribution in [0.25, 0.3) is 0 Å². The highest BCUT2D eigenvalue weighted by Crippen LogP contribution is 2.31. The Morgan fingerprint density at radius 3 is 2.79 bits per heavy atom. The van der Waals surface area contributed by atoms with Crippen LogP contribution in [0.4, 0.5) is 0 Å². The molecule has 0 fully saturated rings. The molecule has 0 aliphatic rings. The lowest BCUT2D eigenvalue weighted by Crippen LogP contribution is -1.98. The maximum atomic E-state index is 5.87. The molecule has 0 aliphatic carbocycles. The Hall–Kier alpha value is -1.07. The Morgan fingerprint density at radius 2 is 2.05 bits per heavy atom. The molecule has 2 aromatic rings. The van der Waals surface area contributed by atoms with Crippen LogP contribution in [0.5, 0.6) is 11.6 Å². The van der Waals surface area contributed by atoms with Crippen molar-refractivity contribution >= 4 is 27.7 Å². The van der Waals surface area contributed by atoms with Gasteiger partial charge in [0.25, 0.3) is 0 Å². The third-order valence-electron chi connectivity index (χ3n) is 2.47. The van der Waals surface area contributed by atoms with Crippen LogP contribution in [0.15, 0.2) is 39.8 Å². The second-order valence-corrected chi connectivity index (χ2v) is 5.61. The molecule has 0 spiro atoms. The molecule has 1 aromatic carbocycles. The van der Waals surface area contributed by atoms with Crippen LogP contribution in [-0.2, 0) is 6.42 Å². The Bertz CT molecular complexity index is 563. The molecule has 0 radical (unpaired) electrons. The monoisotopic (exact) mass is 338 g/mol. The average molecular weight is 339 g/mol. The average Bonchev–Trinajstić information content (AvgIpc) is 2.39. The lowest BCUT2D eigenvalue weighted by Gasteiger charge is -2.09. The molecule has 100 valence electrons. The molecule has 3 nitrogen and oxygen atoms in total. The number of hydrogen-bond donors (Lipinski definition) is 0. The first kappa shape index (κ1) is 14.3. The third-order valence-corrected chi connectivity index (χ3v) is 3.66. The summed E-state index contributed by atoms with van der Waals surface area (Å²) in [5, 5.41) is 0. The lowest BCUT2D eigenvalue weighted by molar-refractivity contribution is 0.447. The fourth-order valence-electron chi connectivity index (χ4n) is 1.65. The smallest absolute Gasteiger partial charge is 0.223 e. The van der Waals surface area contributed by atoms with Gasteiger partial charge in [-0.3, -0.25) is 0 Å². The van der Waals surface area contributed by atoms with Gasteiger partial charge in [-0.05, 0) is 40.7 Å². The number of para-hydroxylation sites is 1. The summed E-state index contributed by atoms with van der Waals surface area (Å²) in [7, 11) is 0. The van der Waals surface area contributed by atoms with E-state index in [-0.39, 0.29) is 0 Å². The standard InChI is InChI=1S/C14H15BrN2OS/c1-3-6-13-16-12(15)9-14(17-13)18-10-7-4-5-8-11(10)19-2/h4-5,7-9H,3,6H2,1-2H3. The van der Waals surface area contributed by atoms with Crippen molar-refractivity contribution < 1.29 is 4.74 Å². The third kappa shape index (κ3) is 3.94. The summed E-state index contributed by atoms with van der Waals surface area (Å²) in [4.78, 5) is 9.84. The molecular weight excluding hydrogens is 324 g/mol. The zero-order valence-corrected chi connectivity index (χ0v) is 13.3. The number of ether oxygens (including phenoxy) is 1. The first-order chi connectivity index (χ1) is 9.22. The normalized spacial score (nSPS) is 10.5. The van der Waals surface area contributed by atoms with Gasteiger partial charge in [-0.1, -0.05) is 19.1 Å². The van der Waals surface area contributed by atoms with E-state index in [0.717, 1.165) is 33.9 Å². The van der Waals surface area contributed by atoms with Crippen molar-refractivity contribution in [3.05, 3.63) is 40.8 Å². The molecule has 0 N–H and O–H groups in total. The van der Waals surface area contributed by atoms with Crippen LogP contribution < -0.4 is 4.74 Å². The molecule has 0 unspecified atom stereocenters. The van der Waals surface area contributed by atoms with Crippen LogP contribution in [0.3, 0.4) is 0 Å². The van der Waals surface area contributed by atoms with Gasteiger partial charge in [0.05, 0.1) is 0 Å². The number of nitrogens with zero attached hydrogens (tertiary/aromatic N) is 2.